The van der Waals surface area contributed by atoms with E-state index in [9.17, 15) is 9.59 Å². The summed E-state index contributed by atoms with van der Waals surface area (Å²) in [6.45, 7) is 2.24. The summed E-state index contributed by atoms with van der Waals surface area (Å²) >= 11 is 0. The molecule has 0 spiro atoms. The number of unbranched alkanes of at least 4 members (excludes halogenated alkanes) is 9. The molecule has 0 aromatic heterocycles. The molecule has 139 valence electrons. The number of hydrogen-bond acceptors (Lipinski definition) is 2. The van der Waals surface area contributed by atoms with Gasteiger partial charge in [-0.15, -0.1) is 0 Å². The number of rotatable bonds is 15. The van der Waals surface area contributed by atoms with E-state index >= 15 is 0 Å². The summed E-state index contributed by atoms with van der Waals surface area (Å²) in [7, 11) is 0. The topological polar surface area (TPSA) is 46.2 Å². The number of amides is 1. The molecule has 1 amide bonds. The zero-order chi connectivity index (χ0) is 18.2. The normalized spacial score (nSPS) is 11.9. The summed E-state index contributed by atoms with van der Waals surface area (Å²) in [4.78, 5) is 23.0. The molecule has 25 heavy (non-hydrogen) atoms. The van der Waals surface area contributed by atoms with Crippen molar-refractivity contribution < 1.29 is 9.59 Å². The van der Waals surface area contributed by atoms with Crippen LogP contribution in [0.4, 0.5) is 0 Å². The summed E-state index contributed by atoms with van der Waals surface area (Å²) in [6.07, 6.45) is 15.5. The van der Waals surface area contributed by atoms with Crippen molar-refractivity contribution in [2.24, 2.45) is 0 Å². The second kappa shape index (κ2) is 14.7. The van der Waals surface area contributed by atoms with Crippen LogP contribution >= 0.6 is 0 Å². The Balaban J connectivity index is 2.03. The Kier molecular flexibility index (Phi) is 12.6. The van der Waals surface area contributed by atoms with Crippen LogP contribution in [0.1, 0.15) is 83.1 Å². The van der Waals surface area contributed by atoms with Gasteiger partial charge in [0.05, 0.1) is 6.04 Å². The number of benzene rings is 1. The van der Waals surface area contributed by atoms with Gasteiger partial charge in [0.1, 0.15) is 0 Å². The summed E-state index contributed by atoms with van der Waals surface area (Å²) in [6, 6.07) is 9.17. The average molecular weight is 345 g/mol. The number of nitrogens with one attached hydrogen (secondary N) is 1. The quantitative estimate of drug-likeness (QED) is 0.448. The van der Waals surface area contributed by atoms with E-state index in [1.54, 1.807) is 0 Å². The first-order valence-electron chi connectivity index (χ1n) is 9.97. The molecule has 1 aromatic carbocycles. The molecule has 0 aliphatic carbocycles. The Hall–Kier alpha value is -1.64. The van der Waals surface area contributed by atoms with E-state index in [4.69, 9.17) is 0 Å². The molecule has 1 N–H and O–H groups in total. The molecule has 1 atom stereocenters. The molecule has 3 heteroatoms. The monoisotopic (exact) mass is 344 g/mol. The highest BCUT2D eigenvalue weighted by atomic mass is 16.2. The van der Waals surface area contributed by atoms with E-state index in [0.717, 1.165) is 18.4 Å². The number of hydrogen-bond donors (Lipinski definition) is 1. The first-order chi connectivity index (χ1) is 12.3. The van der Waals surface area contributed by atoms with E-state index in [-0.39, 0.29) is 5.91 Å². The van der Waals surface area contributed by atoms with Crippen molar-refractivity contribution in [2.75, 3.05) is 0 Å². The lowest BCUT2D eigenvalue weighted by molar-refractivity contribution is -0.121. The molecule has 1 rings (SSSR count). The third-order valence-electron chi connectivity index (χ3n) is 4.52. The average Bonchev–Trinajstić information content (AvgIpc) is 2.63. The van der Waals surface area contributed by atoms with E-state index in [2.05, 4.69) is 12.2 Å². The highest BCUT2D eigenvalue weighted by molar-refractivity contribution is 5.79. The van der Waals surface area contributed by atoms with E-state index < -0.39 is 6.04 Å². The highest BCUT2D eigenvalue weighted by Crippen LogP contribution is 2.11. The zero-order valence-electron chi connectivity index (χ0n) is 15.8. The van der Waals surface area contributed by atoms with Crippen LogP contribution in [0.15, 0.2) is 30.3 Å². The molecule has 0 saturated carbocycles. The second-order valence-electron chi connectivity index (χ2n) is 6.86. The zero-order valence-corrected chi connectivity index (χ0v) is 15.8. The standard InChI is InChI=1S/C22H34NO2/c1-2-3-4-5-6-7-8-9-10-14-17-22(25)23-21(19-24)18-20-15-12-11-13-16-20/h11-13,15-16,21H,2-10,14,17-18H2,1H3,(H,23,25)/t21-/m0/s1. The lowest BCUT2D eigenvalue weighted by Crippen LogP contribution is -2.37. The van der Waals surface area contributed by atoms with Gasteiger partial charge in [0.25, 0.3) is 0 Å². The molecular weight excluding hydrogens is 310 g/mol. The molecule has 1 aromatic rings. The summed E-state index contributed by atoms with van der Waals surface area (Å²) in [5.74, 6) is -0.0381. The minimum atomic E-state index is -0.543. The Morgan fingerprint density at radius 2 is 1.48 bits per heavy atom. The molecule has 0 fully saturated rings. The van der Waals surface area contributed by atoms with Gasteiger partial charge in [-0.1, -0.05) is 95.0 Å². The minimum absolute atomic E-state index is 0.0381. The molecule has 0 aliphatic heterocycles. The number of carbonyl (C=O) groups is 1. The Morgan fingerprint density at radius 3 is 2.04 bits per heavy atom. The van der Waals surface area contributed by atoms with Crippen LogP contribution in [0.3, 0.4) is 0 Å². The van der Waals surface area contributed by atoms with E-state index in [0.29, 0.717) is 12.8 Å². The molecule has 1 radical (unpaired) electrons. The van der Waals surface area contributed by atoms with Gasteiger partial charge >= 0.3 is 0 Å². The summed E-state index contributed by atoms with van der Waals surface area (Å²) in [5, 5.41) is 2.78. The lowest BCUT2D eigenvalue weighted by atomic mass is 10.0. The van der Waals surface area contributed by atoms with Crippen LogP contribution in [0.2, 0.25) is 0 Å². The predicted octanol–water partition coefficient (Wildman–Crippen LogP) is 5.13. The van der Waals surface area contributed by atoms with Crippen molar-refractivity contribution in [3.8, 4) is 0 Å². The van der Waals surface area contributed by atoms with Gasteiger partial charge in [-0.25, -0.2) is 0 Å². The van der Waals surface area contributed by atoms with Crippen molar-refractivity contribution in [3.05, 3.63) is 35.9 Å². The molecule has 0 aliphatic rings. The maximum atomic E-state index is 11.9. The first kappa shape index (κ1) is 21.4. The van der Waals surface area contributed by atoms with Gasteiger partial charge in [0.15, 0.2) is 0 Å². The third kappa shape index (κ3) is 11.5. The fraction of sp³-hybridized carbons (Fsp3) is 0.636. The van der Waals surface area contributed by atoms with Crippen molar-refractivity contribution >= 4 is 12.2 Å². The fourth-order valence-electron chi connectivity index (χ4n) is 3.01. The van der Waals surface area contributed by atoms with Crippen LogP contribution in [0.25, 0.3) is 0 Å². The minimum Gasteiger partial charge on any atom is -0.345 e. The van der Waals surface area contributed by atoms with Crippen molar-refractivity contribution in [2.45, 2.75) is 90.0 Å². The number of carbonyl (C=O) groups excluding carboxylic acids is 2. The van der Waals surface area contributed by atoms with Gasteiger partial charge in [-0.2, -0.15) is 0 Å². The van der Waals surface area contributed by atoms with Crippen molar-refractivity contribution in [1.82, 2.24) is 5.32 Å². The largest absolute Gasteiger partial charge is 0.345 e. The SMILES string of the molecule is CCCCCCCCCCCCC(=O)N[C@H]([C]=O)Cc1ccccc1. The van der Waals surface area contributed by atoms with E-state index in [1.807, 2.05) is 36.6 Å². The van der Waals surface area contributed by atoms with Crippen LogP contribution in [-0.2, 0) is 16.0 Å². The Morgan fingerprint density at radius 1 is 0.920 bits per heavy atom. The maximum Gasteiger partial charge on any atom is 0.223 e. The molecular formula is C22H34NO2. The summed E-state index contributed by atoms with van der Waals surface area (Å²) in [5.41, 5.74) is 1.04. The van der Waals surface area contributed by atoms with Gasteiger partial charge in [-0.05, 0) is 12.0 Å². The van der Waals surface area contributed by atoms with Gasteiger partial charge in [-0.3, -0.25) is 9.59 Å². The maximum absolute atomic E-state index is 11.9. The fourth-order valence-corrected chi connectivity index (χ4v) is 3.01. The van der Waals surface area contributed by atoms with Crippen LogP contribution in [-0.4, -0.2) is 18.2 Å². The van der Waals surface area contributed by atoms with Gasteiger partial charge < -0.3 is 5.32 Å². The van der Waals surface area contributed by atoms with Crippen molar-refractivity contribution in [1.29, 1.82) is 0 Å². The van der Waals surface area contributed by atoms with Crippen LogP contribution in [0.5, 0.6) is 0 Å². The Labute approximate surface area is 153 Å². The molecule has 0 heterocycles. The first-order valence-corrected chi connectivity index (χ1v) is 9.97. The van der Waals surface area contributed by atoms with Crippen molar-refractivity contribution in [3.63, 3.8) is 0 Å². The van der Waals surface area contributed by atoms with E-state index in [1.165, 1.54) is 51.4 Å². The third-order valence-corrected chi connectivity index (χ3v) is 4.52. The molecule has 0 saturated heterocycles. The van der Waals surface area contributed by atoms with Crippen LogP contribution < -0.4 is 5.32 Å². The van der Waals surface area contributed by atoms with Crippen LogP contribution in [0, 0.1) is 0 Å². The molecule has 0 unspecified atom stereocenters. The smallest absolute Gasteiger partial charge is 0.223 e. The lowest BCUT2D eigenvalue weighted by Gasteiger charge is -2.12. The predicted molar refractivity (Wildman–Crippen MR) is 104 cm³/mol. The van der Waals surface area contributed by atoms with Gasteiger partial charge in [0.2, 0.25) is 12.2 Å². The van der Waals surface area contributed by atoms with Gasteiger partial charge in [0, 0.05) is 12.8 Å². The highest BCUT2D eigenvalue weighted by Gasteiger charge is 2.12. The Bertz CT molecular complexity index is 458. The molecule has 0 bridgehead atoms. The molecule has 3 nitrogen and oxygen atoms in total. The summed E-state index contributed by atoms with van der Waals surface area (Å²) < 4.78 is 0. The second-order valence-corrected chi connectivity index (χ2v) is 6.86.